The third-order valence-corrected chi connectivity index (χ3v) is 6.84. The van der Waals surface area contributed by atoms with Gasteiger partial charge in [-0.1, -0.05) is 57.0 Å². The number of aromatic nitrogens is 1. The fourth-order valence-electron chi connectivity index (χ4n) is 4.65. The molecule has 1 saturated heterocycles. The third kappa shape index (κ3) is 4.71. The van der Waals surface area contributed by atoms with Crippen LogP contribution in [-0.4, -0.2) is 53.7 Å². The van der Waals surface area contributed by atoms with Crippen molar-refractivity contribution in [1.29, 1.82) is 0 Å². The first-order valence-corrected chi connectivity index (χ1v) is 11.6. The maximum Gasteiger partial charge on any atom is 0.271 e. The normalized spacial score (nSPS) is 25.4. The Kier molecular flexibility index (Phi) is 6.32. The van der Waals surface area contributed by atoms with Crippen molar-refractivity contribution in [1.82, 2.24) is 15.2 Å². The van der Waals surface area contributed by atoms with Gasteiger partial charge in [0, 0.05) is 30.6 Å². The molecule has 6 heteroatoms. The summed E-state index contributed by atoms with van der Waals surface area (Å²) >= 11 is 1.52. The van der Waals surface area contributed by atoms with Crippen molar-refractivity contribution in [3.05, 3.63) is 41.4 Å². The van der Waals surface area contributed by atoms with Gasteiger partial charge in [0.2, 0.25) is 0 Å². The van der Waals surface area contributed by atoms with Crippen LogP contribution in [0.4, 0.5) is 0 Å². The molecule has 2 fully saturated rings. The third-order valence-electron chi connectivity index (χ3n) is 5.95. The van der Waals surface area contributed by atoms with E-state index in [1.165, 1.54) is 11.3 Å². The first-order valence-electron chi connectivity index (χ1n) is 10.7. The monoisotopic (exact) mass is 413 g/mol. The highest BCUT2D eigenvalue weighted by molar-refractivity contribution is 7.13. The van der Waals surface area contributed by atoms with Crippen molar-refractivity contribution >= 4 is 17.2 Å². The van der Waals surface area contributed by atoms with Crippen LogP contribution in [0.3, 0.4) is 0 Å². The van der Waals surface area contributed by atoms with Gasteiger partial charge in [-0.15, -0.1) is 11.3 Å². The number of nitrogens with one attached hydrogen (secondary N) is 1. The molecule has 0 radical (unpaired) electrons. The average molecular weight is 414 g/mol. The number of amides is 1. The molecule has 29 heavy (non-hydrogen) atoms. The van der Waals surface area contributed by atoms with Gasteiger partial charge >= 0.3 is 0 Å². The van der Waals surface area contributed by atoms with E-state index in [2.05, 4.69) is 29.0 Å². The standard InChI is InChI=1S/C23H31N3O2S/c1-17(2)14-26-12-13-28-23(16-26)11-7-6-10-20(23)25-21(27)19-15-29-22(24-19)18-8-4-3-5-9-18/h3-5,8-9,15,17,20H,6-7,10-14,16H2,1-2H3,(H,25,27)/t20-,23+/m1/s1. The zero-order valence-corrected chi connectivity index (χ0v) is 18.2. The van der Waals surface area contributed by atoms with Crippen LogP contribution < -0.4 is 5.32 Å². The molecule has 1 N–H and O–H groups in total. The van der Waals surface area contributed by atoms with Crippen LogP contribution in [0.1, 0.15) is 50.0 Å². The van der Waals surface area contributed by atoms with E-state index in [1.54, 1.807) is 0 Å². The molecule has 1 aliphatic heterocycles. The molecule has 5 nitrogen and oxygen atoms in total. The molecule has 0 bridgehead atoms. The lowest BCUT2D eigenvalue weighted by Crippen LogP contribution is -2.64. The van der Waals surface area contributed by atoms with E-state index in [0.29, 0.717) is 11.6 Å². The van der Waals surface area contributed by atoms with Crippen LogP contribution in [0.2, 0.25) is 0 Å². The second-order valence-corrected chi connectivity index (χ2v) is 9.58. The largest absolute Gasteiger partial charge is 0.370 e. The van der Waals surface area contributed by atoms with Crippen LogP contribution >= 0.6 is 11.3 Å². The lowest BCUT2D eigenvalue weighted by Gasteiger charge is -2.50. The van der Waals surface area contributed by atoms with E-state index in [1.807, 2.05) is 35.7 Å². The minimum atomic E-state index is -0.265. The fraction of sp³-hybridized carbons (Fsp3) is 0.565. The number of hydrogen-bond donors (Lipinski definition) is 1. The topological polar surface area (TPSA) is 54.5 Å². The number of ether oxygens (including phenoxy) is 1. The van der Waals surface area contributed by atoms with Gasteiger partial charge in [-0.2, -0.15) is 0 Å². The minimum absolute atomic E-state index is 0.0422. The SMILES string of the molecule is CC(C)CN1CCO[C@@]2(CCCC[C@H]2NC(=O)c2csc(-c3ccccc3)n2)C1. The quantitative estimate of drug-likeness (QED) is 0.798. The Labute approximate surface area is 177 Å². The Hall–Kier alpha value is -1.76. The summed E-state index contributed by atoms with van der Waals surface area (Å²) in [5.41, 5.74) is 1.29. The van der Waals surface area contributed by atoms with Gasteiger partial charge in [0.25, 0.3) is 5.91 Å². The molecule has 1 aromatic carbocycles. The second-order valence-electron chi connectivity index (χ2n) is 8.72. The summed E-state index contributed by atoms with van der Waals surface area (Å²) in [4.78, 5) is 20.1. The van der Waals surface area contributed by atoms with E-state index >= 15 is 0 Å². The van der Waals surface area contributed by atoms with Gasteiger partial charge < -0.3 is 10.1 Å². The number of carbonyl (C=O) groups is 1. The molecule has 2 aliphatic rings. The average Bonchev–Trinajstić information content (AvgIpc) is 3.21. The molecule has 1 aliphatic carbocycles. The number of hydrogen-bond acceptors (Lipinski definition) is 5. The Bertz CT molecular complexity index is 819. The van der Waals surface area contributed by atoms with Gasteiger partial charge in [-0.05, 0) is 18.8 Å². The summed E-state index contributed by atoms with van der Waals surface area (Å²) in [6, 6.07) is 10.1. The Balaban J connectivity index is 1.47. The minimum Gasteiger partial charge on any atom is -0.370 e. The molecule has 1 saturated carbocycles. The van der Waals surface area contributed by atoms with Crippen LogP contribution in [0, 0.1) is 5.92 Å². The molecular weight excluding hydrogens is 382 g/mol. The summed E-state index contributed by atoms with van der Waals surface area (Å²) in [5.74, 6) is 0.549. The van der Waals surface area contributed by atoms with E-state index in [4.69, 9.17) is 4.74 Å². The summed E-state index contributed by atoms with van der Waals surface area (Å²) in [5, 5.41) is 6.03. The molecule has 0 unspecified atom stereocenters. The molecule has 2 heterocycles. The van der Waals surface area contributed by atoms with Gasteiger partial charge in [-0.25, -0.2) is 4.98 Å². The molecule has 2 atom stereocenters. The van der Waals surface area contributed by atoms with Crippen molar-refractivity contribution in [3.63, 3.8) is 0 Å². The van der Waals surface area contributed by atoms with Crippen molar-refractivity contribution in [3.8, 4) is 10.6 Å². The highest BCUT2D eigenvalue weighted by Crippen LogP contribution is 2.35. The number of benzene rings is 1. The summed E-state index contributed by atoms with van der Waals surface area (Å²) < 4.78 is 6.37. The molecular formula is C23H31N3O2S. The second kappa shape index (κ2) is 8.94. The maximum atomic E-state index is 13.0. The first-order chi connectivity index (χ1) is 14.1. The zero-order valence-electron chi connectivity index (χ0n) is 17.4. The van der Waals surface area contributed by atoms with Crippen LogP contribution in [-0.2, 0) is 4.74 Å². The summed E-state index contributed by atoms with van der Waals surface area (Å²) in [7, 11) is 0. The maximum absolute atomic E-state index is 13.0. The molecule has 1 spiro atoms. The van der Waals surface area contributed by atoms with Gasteiger partial charge in [-0.3, -0.25) is 9.69 Å². The summed E-state index contributed by atoms with van der Waals surface area (Å²) in [6.07, 6.45) is 4.28. The van der Waals surface area contributed by atoms with Gasteiger partial charge in [0.1, 0.15) is 16.3 Å². The smallest absolute Gasteiger partial charge is 0.271 e. The van der Waals surface area contributed by atoms with Crippen molar-refractivity contribution < 1.29 is 9.53 Å². The Morgan fingerprint density at radius 2 is 2.17 bits per heavy atom. The van der Waals surface area contributed by atoms with Gasteiger partial charge in [0.05, 0.1) is 12.6 Å². The molecule has 1 aromatic heterocycles. The van der Waals surface area contributed by atoms with Crippen molar-refractivity contribution in [2.24, 2.45) is 5.92 Å². The summed E-state index contributed by atoms with van der Waals surface area (Å²) in [6.45, 7) is 8.23. The Morgan fingerprint density at radius 1 is 1.34 bits per heavy atom. The van der Waals surface area contributed by atoms with E-state index in [0.717, 1.165) is 62.5 Å². The first kappa shape index (κ1) is 20.5. The van der Waals surface area contributed by atoms with Crippen LogP contribution in [0.25, 0.3) is 10.6 Å². The predicted molar refractivity (Wildman–Crippen MR) is 117 cm³/mol. The molecule has 4 rings (SSSR count). The van der Waals surface area contributed by atoms with Crippen molar-refractivity contribution in [2.45, 2.75) is 51.2 Å². The highest BCUT2D eigenvalue weighted by atomic mass is 32.1. The van der Waals surface area contributed by atoms with E-state index in [9.17, 15) is 4.79 Å². The number of thiazole rings is 1. The fourth-order valence-corrected chi connectivity index (χ4v) is 5.46. The zero-order chi connectivity index (χ0) is 20.3. The Morgan fingerprint density at radius 3 is 2.97 bits per heavy atom. The number of nitrogens with zero attached hydrogens (tertiary/aromatic N) is 2. The lowest BCUT2D eigenvalue weighted by atomic mass is 9.78. The van der Waals surface area contributed by atoms with E-state index < -0.39 is 0 Å². The number of morpholine rings is 1. The highest BCUT2D eigenvalue weighted by Gasteiger charge is 2.46. The molecule has 1 amide bonds. The lowest BCUT2D eigenvalue weighted by molar-refractivity contribution is -0.142. The van der Waals surface area contributed by atoms with Gasteiger partial charge in [0.15, 0.2) is 0 Å². The van der Waals surface area contributed by atoms with Crippen LogP contribution in [0.15, 0.2) is 35.7 Å². The number of rotatable bonds is 5. The molecule has 2 aromatic rings. The predicted octanol–water partition coefficient (Wildman–Crippen LogP) is 4.21. The van der Waals surface area contributed by atoms with E-state index in [-0.39, 0.29) is 17.6 Å². The molecule has 156 valence electrons. The van der Waals surface area contributed by atoms with Crippen molar-refractivity contribution in [2.75, 3.05) is 26.2 Å². The van der Waals surface area contributed by atoms with Crippen LogP contribution in [0.5, 0.6) is 0 Å². The number of carbonyl (C=O) groups excluding carboxylic acids is 1.